The van der Waals surface area contributed by atoms with Gasteiger partial charge in [-0.2, -0.15) is 8.42 Å². The molecular formula is C32H57NO13S. The first-order chi connectivity index (χ1) is 23.1. The summed E-state index contributed by atoms with van der Waals surface area (Å²) in [5.74, 6) is 0. The van der Waals surface area contributed by atoms with Crippen LogP contribution in [-0.2, 0) is 61.7 Å². The van der Waals surface area contributed by atoms with E-state index in [1.54, 1.807) is 12.1 Å². The fraction of sp³-hybridized carbons (Fsp3) is 0.812. The molecule has 14 nitrogen and oxygen atoms in total. The zero-order valence-electron chi connectivity index (χ0n) is 28.1. The molecule has 1 aromatic carbocycles. The van der Waals surface area contributed by atoms with E-state index in [1.807, 2.05) is 6.92 Å². The minimum atomic E-state index is -3.77. The van der Waals surface area contributed by atoms with Crippen LogP contribution in [-0.4, -0.2) is 160 Å². The monoisotopic (exact) mass is 695 g/mol. The van der Waals surface area contributed by atoms with Gasteiger partial charge in [0.25, 0.3) is 10.1 Å². The van der Waals surface area contributed by atoms with Crippen LogP contribution < -0.4 is 5.32 Å². The van der Waals surface area contributed by atoms with E-state index in [9.17, 15) is 8.42 Å². The smallest absolute Gasteiger partial charge is 0.297 e. The van der Waals surface area contributed by atoms with Crippen molar-refractivity contribution >= 4 is 10.1 Å². The lowest BCUT2D eigenvalue weighted by Gasteiger charge is -2.22. The third kappa shape index (κ3) is 24.5. The van der Waals surface area contributed by atoms with Crippen LogP contribution in [0.4, 0.5) is 0 Å². The predicted molar refractivity (Wildman–Crippen MR) is 174 cm³/mol. The first kappa shape index (κ1) is 41.9. The molecule has 1 saturated heterocycles. The van der Waals surface area contributed by atoms with Gasteiger partial charge in [-0.3, -0.25) is 4.18 Å². The summed E-state index contributed by atoms with van der Waals surface area (Å²) in [6.45, 7) is 12.9. The molecule has 1 aliphatic heterocycles. The SMILES string of the molecule is Cc1ccc(S(=O)(=O)OCCOCCOCCOCCOCCOCCOCCOCCOCCOCCOC2CCNCC2)cc1. The average molecular weight is 696 g/mol. The number of rotatable bonds is 33. The molecule has 0 aromatic heterocycles. The zero-order valence-corrected chi connectivity index (χ0v) is 28.9. The van der Waals surface area contributed by atoms with Gasteiger partial charge in [0.05, 0.1) is 143 Å². The van der Waals surface area contributed by atoms with E-state index >= 15 is 0 Å². The molecular weight excluding hydrogens is 638 g/mol. The summed E-state index contributed by atoms with van der Waals surface area (Å²) >= 11 is 0. The van der Waals surface area contributed by atoms with Crippen LogP contribution in [0.3, 0.4) is 0 Å². The van der Waals surface area contributed by atoms with Crippen LogP contribution in [0.2, 0.25) is 0 Å². The van der Waals surface area contributed by atoms with Crippen molar-refractivity contribution in [1.29, 1.82) is 0 Å². The lowest BCUT2D eigenvalue weighted by atomic mass is 10.1. The molecule has 15 heteroatoms. The van der Waals surface area contributed by atoms with Crippen LogP contribution in [0, 0.1) is 6.92 Å². The van der Waals surface area contributed by atoms with Gasteiger partial charge < -0.3 is 52.7 Å². The quantitative estimate of drug-likeness (QED) is 0.0839. The molecule has 0 aliphatic carbocycles. The maximum absolute atomic E-state index is 12.1. The Hall–Kier alpha value is -1.31. The van der Waals surface area contributed by atoms with Gasteiger partial charge in [-0.05, 0) is 45.0 Å². The Morgan fingerprint density at radius 1 is 0.511 bits per heavy atom. The molecule has 0 amide bonds. The highest BCUT2D eigenvalue weighted by Gasteiger charge is 2.14. The highest BCUT2D eigenvalue weighted by atomic mass is 32.2. The molecule has 1 aromatic rings. The Morgan fingerprint density at radius 2 is 0.830 bits per heavy atom. The number of aryl methyl sites for hydroxylation is 1. The normalized spacial score (nSPS) is 14.2. The minimum absolute atomic E-state index is 0.0572. The van der Waals surface area contributed by atoms with E-state index in [-0.39, 0.29) is 18.1 Å². The summed E-state index contributed by atoms with van der Waals surface area (Å²) in [5, 5.41) is 3.32. The summed E-state index contributed by atoms with van der Waals surface area (Å²) in [7, 11) is -3.77. The lowest BCUT2D eigenvalue weighted by molar-refractivity contribution is -0.0322. The molecule has 0 spiro atoms. The second-order valence-electron chi connectivity index (χ2n) is 10.4. The molecule has 274 valence electrons. The molecule has 1 N–H and O–H groups in total. The molecule has 1 aliphatic rings. The molecule has 2 rings (SSSR count). The number of hydrogen-bond acceptors (Lipinski definition) is 14. The fourth-order valence-electron chi connectivity index (χ4n) is 4.07. The van der Waals surface area contributed by atoms with Gasteiger partial charge in [-0.1, -0.05) is 17.7 Å². The van der Waals surface area contributed by atoms with Gasteiger partial charge in [0.2, 0.25) is 0 Å². The number of hydrogen-bond donors (Lipinski definition) is 1. The summed E-state index contributed by atoms with van der Waals surface area (Å²) < 4.78 is 84.0. The molecule has 0 unspecified atom stereocenters. The van der Waals surface area contributed by atoms with Crippen molar-refractivity contribution < 1.29 is 60.0 Å². The molecule has 0 radical (unpaired) electrons. The minimum Gasteiger partial charge on any atom is -0.377 e. The average Bonchev–Trinajstić information content (AvgIpc) is 3.08. The van der Waals surface area contributed by atoms with E-state index in [2.05, 4.69) is 5.32 Å². The van der Waals surface area contributed by atoms with Gasteiger partial charge in [0.1, 0.15) is 0 Å². The van der Waals surface area contributed by atoms with Crippen LogP contribution >= 0.6 is 0 Å². The van der Waals surface area contributed by atoms with Crippen LogP contribution in [0.25, 0.3) is 0 Å². The summed E-state index contributed by atoms with van der Waals surface area (Å²) in [5.41, 5.74) is 0.977. The summed E-state index contributed by atoms with van der Waals surface area (Å²) in [4.78, 5) is 0.130. The van der Waals surface area contributed by atoms with Crippen molar-refractivity contribution in [3.8, 4) is 0 Å². The van der Waals surface area contributed by atoms with Crippen LogP contribution in [0.5, 0.6) is 0 Å². The summed E-state index contributed by atoms with van der Waals surface area (Å²) in [6.07, 6.45) is 2.51. The highest BCUT2D eigenvalue weighted by molar-refractivity contribution is 7.86. The Balaban J connectivity index is 1.17. The first-order valence-corrected chi connectivity index (χ1v) is 18.0. The molecule has 0 atom stereocenters. The molecule has 1 fully saturated rings. The first-order valence-electron chi connectivity index (χ1n) is 16.6. The number of ether oxygens (including phenoxy) is 10. The second kappa shape index (κ2) is 29.6. The van der Waals surface area contributed by atoms with Crippen molar-refractivity contribution in [2.24, 2.45) is 0 Å². The van der Waals surface area contributed by atoms with Crippen LogP contribution in [0.1, 0.15) is 18.4 Å². The van der Waals surface area contributed by atoms with Crippen molar-refractivity contribution in [2.75, 3.05) is 145 Å². The van der Waals surface area contributed by atoms with Gasteiger partial charge in [0, 0.05) is 0 Å². The Kier molecular flexibility index (Phi) is 26.4. The van der Waals surface area contributed by atoms with E-state index in [0.29, 0.717) is 125 Å². The van der Waals surface area contributed by atoms with Gasteiger partial charge >= 0.3 is 0 Å². The number of piperidine rings is 1. The second-order valence-corrected chi connectivity index (χ2v) is 12.0. The van der Waals surface area contributed by atoms with Gasteiger partial charge in [-0.15, -0.1) is 0 Å². The lowest BCUT2D eigenvalue weighted by Crippen LogP contribution is -2.33. The molecule has 0 saturated carbocycles. The molecule has 1 heterocycles. The van der Waals surface area contributed by atoms with E-state index in [1.165, 1.54) is 12.1 Å². The third-order valence-electron chi connectivity index (χ3n) is 6.62. The van der Waals surface area contributed by atoms with Gasteiger partial charge in [-0.25, -0.2) is 0 Å². The predicted octanol–water partition coefficient (Wildman–Crippen LogP) is 1.62. The molecule has 47 heavy (non-hydrogen) atoms. The van der Waals surface area contributed by atoms with Crippen molar-refractivity contribution in [2.45, 2.75) is 30.8 Å². The largest absolute Gasteiger partial charge is 0.377 e. The van der Waals surface area contributed by atoms with Crippen LogP contribution in [0.15, 0.2) is 29.2 Å². The van der Waals surface area contributed by atoms with E-state index in [4.69, 9.17) is 51.6 Å². The Labute approximate surface area is 281 Å². The standard InChI is InChI=1S/C32H57NO13S/c1-30-2-4-32(5-3-30)47(34,35)46-29-27-44-25-23-42-21-19-40-17-15-38-13-11-36-10-12-37-14-16-39-18-20-41-22-24-43-26-28-45-31-6-8-33-9-7-31/h2-5,31,33H,6-29H2,1H3. The zero-order chi connectivity index (χ0) is 33.5. The van der Waals surface area contributed by atoms with Crippen molar-refractivity contribution in [3.05, 3.63) is 29.8 Å². The topological polar surface area (TPSA) is 148 Å². The van der Waals surface area contributed by atoms with Crippen molar-refractivity contribution in [1.82, 2.24) is 5.32 Å². The maximum Gasteiger partial charge on any atom is 0.297 e. The fourth-order valence-corrected chi connectivity index (χ4v) is 4.97. The Morgan fingerprint density at radius 3 is 1.19 bits per heavy atom. The number of benzene rings is 1. The van der Waals surface area contributed by atoms with E-state index < -0.39 is 10.1 Å². The Bertz CT molecular complexity index is 933. The highest BCUT2D eigenvalue weighted by Crippen LogP contribution is 2.13. The third-order valence-corrected chi connectivity index (χ3v) is 7.95. The van der Waals surface area contributed by atoms with Crippen molar-refractivity contribution in [3.63, 3.8) is 0 Å². The van der Waals surface area contributed by atoms with E-state index in [0.717, 1.165) is 31.5 Å². The maximum atomic E-state index is 12.1. The molecule has 0 bridgehead atoms. The number of nitrogens with one attached hydrogen (secondary N) is 1. The summed E-state index contributed by atoms with van der Waals surface area (Å²) in [6, 6.07) is 6.49. The van der Waals surface area contributed by atoms with Gasteiger partial charge in [0.15, 0.2) is 0 Å².